The minimum atomic E-state index is -0.540. The van der Waals surface area contributed by atoms with Crippen LogP contribution in [0.2, 0.25) is 0 Å². The van der Waals surface area contributed by atoms with Gasteiger partial charge in [-0.25, -0.2) is 0 Å². The third kappa shape index (κ3) is 4.00. The number of nitrogens with one attached hydrogen (secondary N) is 1. The number of hydrogen-bond donors (Lipinski definition) is 2. The normalized spacial score (nSPS) is 25.5. The fraction of sp³-hybridized carbons (Fsp3) is 0.516. The molecule has 11 nitrogen and oxygen atoms in total. The van der Waals surface area contributed by atoms with Gasteiger partial charge in [-0.1, -0.05) is 13.0 Å². The van der Waals surface area contributed by atoms with Gasteiger partial charge in [-0.3, -0.25) is 19.4 Å². The summed E-state index contributed by atoms with van der Waals surface area (Å²) in [6, 6.07) is 2.80. The molecular formula is C31H36N4O7. The predicted octanol–water partition coefficient (Wildman–Crippen LogP) is 2.97. The van der Waals surface area contributed by atoms with Gasteiger partial charge in [-0.15, -0.1) is 0 Å². The number of carbonyl (C=O) groups is 2. The number of phenolic OH excluding ortho intramolecular Hbond substituents is 1. The first-order chi connectivity index (χ1) is 20.1. The zero-order chi connectivity index (χ0) is 30.0. The number of benzene rings is 2. The summed E-state index contributed by atoms with van der Waals surface area (Å²) >= 11 is 0. The summed E-state index contributed by atoms with van der Waals surface area (Å²) in [6.45, 7) is 7.12. The van der Waals surface area contributed by atoms with Crippen LogP contribution < -0.4 is 24.3 Å². The number of fused-ring (bicyclic) bond motifs is 9. The lowest BCUT2D eigenvalue weighted by atomic mass is 9.71. The summed E-state index contributed by atoms with van der Waals surface area (Å²) in [7, 11) is 3.54. The highest BCUT2D eigenvalue weighted by Crippen LogP contribution is 2.58. The van der Waals surface area contributed by atoms with E-state index in [1.807, 2.05) is 27.0 Å². The van der Waals surface area contributed by atoms with Crippen LogP contribution in [-0.4, -0.2) is 72.4 Å². The van der Waals surface area contributed by atoms with Crippen molar-refractivity contribution in [3.8, 4) is 34.8 Å². The number of aromatic hydroxyl groups is 1. The molecule has 1 unspecified atom stereocenters. The van der Waals surface area contributed by atoms with Crippen molar-refractivity contribution < 1.29 is 33.6 Å². The summed E-state index contributed by atoms with van der Waals surface area (Å²) in [4.78, 5) is 29.3. The monoisotopic (exact) mass is 576 g/mol. The smallest absolute Gasteiger partial charge is 0.308 e. The Balaban J connectivity index is 1.62. The Morgan fingerprint density at radius 3 is 2.57 bits per heavy atom. The lowest BCUT2D eigenvalue weighted by Gasteiger charge is -2.60. The maximum Gasteiger partial charge on any atom is 0.308 e. The standard InChI is InChI=1S/C31H36N4O7/c1-7-23(37)33-12-22-25-18(29(42-16(4)36)15(3)30-31(25)41-13-40-30)10-20-26-24-17(8-14(2)28(39-6)27(24)38)9-19(34(26)5)21(11-32)35(20)22/h8,19-22,26,38H,7,9-10,12-13H2,1-6H3,(H,33,37)/t19-,20?,21+,22+,26-/m1/s1. The fourth-order valence-electron chi connectivity index (χ4n) is 7.65. The van der Waals surface area contributed by atoms with E-state index in [4.69, 9.17) is 18.9 Å². The Bertz CT molecular complexity index is 1530. The number of nitrogens with zero attached hydrogens (tertiary/aromatic N) is 3. The molecule has 0 aliphatic carbocycles. The lowest BCUT2D eigenvalue weighted by Crippen LogP contribution is -2.68. The molecule has 2 bridgehead atoms. The zero-order valence-corrected chi connectivity index (χ0v) is 24.7. The summed E-state index contributed by atoms with van der Waals surface area (Å²) in [5.41, 5.74) is 4.78. The summed E-state index contributed by atoms with van der Waals surface area (Å²) < 4.78 is 23.3. The molecule has 1 fully saturated rings. The quantitative estimate of drug-likeness (QED) is 0.404. The van der Waals surface area contributed by atoms with E-state index in [2.05, 4.69) is 21.2 Å². The molecule has 2 aromatic carbocycles. The molecule has 222 valence electrons. The average Bonchev–Trinajstić information content (AvgIpc) is 3.44. The van der Waals surface area contributed by atoms with Crippen LogP contribution in [0.4, 0.5) is 0 Å². The van der Waals surface area contributed by atoms with Crippen LogP contribution in [0.1, 0.15) is 65.7 Å². The Hall–Kier alpha value is -4.01. The molecule has 4 aliphatic rings. The van der Waals surface area contributed by atoms with Crippen LogP contribution in [-0.2, 0) is 22.4 Å². The molecule has 0 spiro atoms. The van der Waals surface area contributed by atoms with Gasteiger partial charge in [-0.2, -0.15) is 5.26 Å². The van der Waals surface area contributed by atoms with Crippen molar-refractivity contribution in [2.75, 3.05) is 27.5 Å². The molecule has 11 heteroatoms. The molecule has 0 saturated carbocycles. The van der Waals surface area contributed by atoms with Crippen molar-refractivity contribution in [1.82, 2.24) is 15.1 Å². The third-order valence-electron chi connectivity index (χ3n) is 9.32. The van der Waals surface area contributed by atoms with Gasteiger partial charge in [0.15, 0.2) is 23.0 Å². The van der Waals surface area contributed by atoms with Crippen LogP contribution in [0.5, 0.6) is 28.7 Å². The SMILES string of the molecule is CCC(=O)NC[C@H]1c2c(c(OC(C)=O)c(C)c3c2OCO3)CC2[C@@H]3c4c(cc(C)c(OC)c4O)C[C@H]([C@H](C#N)N21)N3C. The van der Waals surface area contributed by atoms with Gasteiger partial charge >= 0.3 is 5.97 Å². The fourth-order valence-corrected chi connectivity index (χ4v) is 7.65. The lowest BCUT2D eigenvalue weighted by molar-refractivity contribution is -0.132. The molecule has 2 aromatic rings. The van der Waals surface area contributed by atoms with E-state index < -0.39 is 18.1 Å². The Kier molecular flexibility index (Phi) is 6.94. The van der Waals surface area contributed by atoms with Crippen molar-refractivity contribution in [3.05, 3.63) is 39.4 Å². The number of nitriles is 1. The number of likely N-dealkylation sites (N-methyl/N-ethyl adjacent to an activating group) is 1. The Morgan fingerprint density at radius 1 is 1.17 bits per heavy atom. The number of piperazine rings is 1. The number of methoxy groups -OCH3 is 1. The second kappa shape index (κ2) is 10.4. The van der Waals surface area contributed by atoms with Crippen molar-refractivity contribution in [1.29, 1.82) is 5.26 Å². The third-order valence-corrected chi connectivity index (χ3v) is 9.32. The van der Waals surface area contributed by atoms with Gasteiger partial charge < -0.3 is 29.4 Å². The number of rotatable bonds is 5. The first-order valence-electron chi connectivity index (χ1n) is 14.3. The average molecular weight is 577 g/mol. The number of aryl methyl sites for hydroxylation is 1. The molecular weight excluding hydrogens is 540 g/mol. The van der Waals surface area contributed by atoms with Crippen LogP contribution >= 0.6 is 0 Å². The van der Waals surface area contributed by atoms with E-state index in [0.29, 0.717) is 47.8 Å². The number of amides is 1. The topological polar surface area (TPSA) is 134 Å². The highest BCUT2D eigenvalue weighted by atomic mass is 16.7. The van der Waals surface area contributed by atoms with E-state index in [-0.39, 0.29) is 43.1 Å². The minimum Gasteiger partial charge on any atom is -0.504 e. The van der Waals surface area contributed by atoms with Gasteiger partial charge in [0.2, 0.25) is 12.7 Å². The summed E-state index contributed by atoms with van der Waals surface area (Å²) in [6.07, 6.45) is 1.28. The van der Waals surface area contributed by atoms with Gasteiger partial charge in [-0.05, 0) is 44.9 Å². The molecule has 4 heterocycles. The van der Waals surface area contributed by atoms with Crippen molar-refractivity contribution in [3.63, 3.8) is 0 Å². The first-order valence-corrected chi connectivity index (χ1v) is 14.3. The van der Waals surface area contributed by atoms with Crippen molar-refractivity contribution >= 4 is 11.9 Å². The van der Waals surface area contributed by atoms with Gasteiger partial charge in [0.25, 0.3) is 0 Å². The number of carbonyl (C=O) groups excluding carboxylic acids is 2. The number of hydrogen-bond acceptors (Lipinski definition) is 10. The number of esters is 1. The Morgan fingerprint density at radius 2 is 1.90 bits per heavy atom. The molecule has 6 rings (SSSR count). The van der Waals surface area contributed by atoms with Gasteiger partial charge in [0, 0.05) is 54.2 Å². The molecule has 0 aromatic heterocycles. The molecule has 1 saturated heterocycles. The second-order valence-corrected chi connectivity index (χ2v) is 11.5. The van der Waals surface area contributed by atoms with E-state index in [1.54, 1.807) is 14.0 Å². The summed E-state index contributed by atoms with van der Waals surface area (Å²) in [5.74, 6) is 1.41. The predicted molar refractivity (Wildman–Crippen MR) is 151 cm³/mol. The van der Waals surface area contributed by atoms with E-state index in [0.717, 1.165) is 27.8 Å². The van der Waals surface area contributed by atoms with Crippen molar-refractivity contribution in [2.24, 2.45) is 0 Å². The number of phenols is 1. The molecule has 42 heavy (non-hydrogen) atoms. The van der Waals surface area contributed by atoms with Crippen LogP contribution in [0.15, 0.2) is 6.07 Å². The van der Waals surface area contributed by atoms with Crippen LogP contribution in [0.3, 0.4) is 0 Å². The highest BCUT2D eigenvalue weighted by molar-refractivity contribution is 5.76. The van der Waals surface area contributed by atoms with E-state index in [9.17, 15) is 20.0 Å². The van der Waals surface area contributed by atoms with Crippen molar-refractivity contribution in [2.45, 2.75) is 77.2 Å². The largest absolute Gasteiger partial charge is 0.504 e. The van der Waals surface area contributed by atoms with E-state index in [1.165, 1.54) is 6.92 Å². The number of ether oxygens (including phenoxy) is 4. The zero-order valence-electron chi connectivity index (χ0n) is 24.7. The molecule has 2 N–H and O–H groups in total. The molecule has 0 radical (unpaired) electrons. The molecule has 1 amide bonds. The molecule has 4 aliphatic heterocycles. The van der Waals surface area contributed by atoms with Gasteiger partial charge in [0.05, 0.1) is 25.3 Å². The second-order valence-electron chi connectivity index (χ2n) is 11.5. The van der Waals surface area contributed by atoms with Gasteiger partial charge in [0.1, 0.15) is 11.8 Å². The molecule has 5 atom stereocenters. The summed E-state index contributed by atoms with van der Waals surface area (Å²) in [5, 5.41) is 25.3. The highest BCUT2D eigenvalue weighted by Gasteiger charge is 2.56. The van der Waals surface area contributed by atoms with E-state index >= 15 is 0 Å². The van der Waals surface area contributed by atoms with Crippen LogP contribution in [0.25, 0.3) is 0 Å². The Labute approximate surface area is 244 Å². The maximum atomic E-state index is 12.6. The minimum absolute atomic E-state index is 0.0136. The maximum absolute atomic E-state index is 12.6. The van der Waals surface area contributed by atoms with Crippen LogP contribution in [0, 0.1) is 25.2 Å². The first kappa shape index (κ1) is 28.1.